The van der Waals surface area contributed by atoms with Crippen LogP contribution in [0.2, 0.25) is 0 Å². The van der Waals surface area contributed by atoms with Crippen LogP contribution in [0.1, 0.15) is 12.8 Å². The molecule has 1 atom stereocenters. The number of ether oxygens (including phenoxy) is 1. The number of piperidine rings is 1. The zero-order chi connectivity index (χ0) is 7.40. The summed E-state index contributed by atoms with van der Waals surface area (Å²) < 4.78 is 6.90. The lowest BCUT2D eigenvalue weighted by Crippen LogP contribution is -2.30. The van der Waals surface area contributed by atoms with Crippen molar-refractivity contribution in [3.05, 3.63) is 0 Å². The highest BCUT2D eigenvalue weighted by molar-refractivity contribution is 6.13. The third kappa shape index (κ3) is 2.45. The number of halogens is 1. The van der Waals surface area contributed by atoms with E-state index in [0.717, 1.165) is 19.7 Å². The first-order valence-electron chi connectivity index (χ1n) is 3.72. The Bertz CT molecular complexity index is 97.6. The fraction of sp³-hybridized carbons (Fsp3) is 1.00. The summed E-state index contributed by atoms with van der Waals surface area (Å²) in [7, 11) is 1.74. The molecule has 0 aromatic carbocycles. The monoisotopic (exact) mass is 163 g/mol. The minimum atomic E-state index is 0.649. The Morgan fingerprint density at radius 2 is 2.50 bits per heavy atom. The highest BCUT2D eigenvalue weighted by atomic mass is 35.5. The Balaban J connectivity index is 2.18. The van der Waals surface area contributed by atoms with Crippen molar-refractivity contribution < 1.29 is 4.74 Å². The Morgan fingerprint density at radius 3 is 3.10 bits per heavy atom. The SMILES string of the molecule is COCC1CCCN(Cl)C1. The van der Waals surface area contributed by atoms with E-state index in [1.807, 2.05) is 4.42 Å². The molecule has 1 rings (SSSR count). The van der Waals surface area contributed by atoms with Crippen LogP contribution in [0, 0.1) is 5.92 Å². The van der Waals surface area contributed by atoms with Crippen molar-refractivity contribution in [3.8, 4) is 0 Å². The van der Waals surface area contributed by atoms with Gasteiger partial charge in [-0.25, -0.2) is 4.42 Å². The maximum absolute atomic E-state index is 5.82. The van der Waals surface area contributed by atoms with Crippen LogP contribution < -0.4 is 0 Å². The van der Waals surface area contributed by atoms with E-state index in [2.05, 4.69) is 0 Å². The molecule has 0 bridgehead atoms. The molecule has 0 N–H and O–H groups in total. The quantitative estimate of drug-likeness (QED) is 0.573. The van der Waals surface area contributed by atoms with Gasteiger partial charge in [-0.15, -0.1) is 0 Å². The highest BCUT2D eigenvalue weighted by Gasteiger charge is 2.17. The molecule has 0 aromatic heterocycles. The smallest absolute Gasteiger partial charge is 0.0503 e. The van der Waals surface area contributed by atoms with Crippen molar-refractivity contribution in [3.63, 3.8) is 0 Å². The minimum absolute atomic E-state index is 0.649. The van der Waals surface area contributed by atoms with Gasteiger partial charge in [0.1, 0.15) is 0 Å². The summed E-state index contributed by atoms with van der Waals surface area (Å²) in [5.41, 5.74) is 0. The van der Waals surface area contributed by atoms with E-state index in [1.165, 1.54) is 12.8 Å². The Hall–Kier alpha value is 0.210. The van der Waals surface area contributed by atoms with Crippen LogP contribution in [-0.2, 0) is 4.74 Å². The van der Waals surface area contributed by atoms with E-state index in [-0.39, 0.29) is 0 Å². The standard InChI is InChI=1S/C7H14ClNO/c1-10-6-7-3-2-4-9(8)5-7/h7H,2-6H2,1H3. The lowest BCUT2D eigenvalue weighted by Gasteiger charge is -2.26. The first-order valence-corrected chi connectivity index (χ1v) is 4.06. The summed E-state index contributed by atoms with van der Waals surface area (Å²) >= 11 is 5.82. The summed E-state index contributed by atoms with van der Waals surface area (Å²) in [5, 5.41) is 0. The Kier molecular flexibility index (Phi) is 3.46. The Labute approximate surface area is 67.2 Å². The van der Waals surface area contributed by atoms with E-state index in [0.29, 0.717) is 5.92 Å². The van der Waals surface area contributed by atoms with E-state index in [1.54, 1.807) is 7.11 Å². The molecule has 1 aliphatic rings. The number of hydrogen-bond donors (Lipinski definition) is 0. The predicted octanol–water partition coefficient (Wildman–Crippen LogP) is 1.50. The molecule has 0 amide bonds. The molecule has 1 aliphatic heterocycles. The van der Waals surface area contributed by atoms with Crippen molar-refractivity contribution in [2.75, 3.05) is 26.8 Å². The minimum Gasteiger partial charge on any atom is -0.384 e. The van der Waals surface area contributed by atoms with Crippen LogP contribution in [0.5, 0.6) is 0 Å². The zero-order valence-electron chi connectivity index (χ0n) is 6.35. The van der Waals surface area contributed by atoms with Crippen LogP contribution in [0.4, 0.5) is 0 Å². The molecular weight excluding hydrogens is 150 g/mol. The van der Waals surface area contributed by atoms with Gasteiger partial charge in [0.15, 0.2) is 0 Å². The van der Waals surface area contributed by atoms with Crippen LogP contribution in [0.3, 0.4) is 0 Å². The average Bonchev–Trinajstić information content (AvgIpc) is 1.88. The van der Waals surface area contributed by atoms with Gasteiger partial charge in [0, 0.05) is 20.2 Å². The van der Waals surface area contributed by atoms with Gasteiger partial charge in [0.2, 0.25) is 0 Å². The molecule has 1 unspecified atom stereocenters. The summed E-state index contributed by atoms with van der Waals surface area (Å²) in [5.74, 6) is 0.649. The van der Waals surface area contributed by atoms with E-state index in [4.69, 9.17) is 16.5 Å². The summed E-state index contributed by atoms with van der Waals surface area (Å²) in [6, 6.07) is 0. The molecule has 60 valence electrons. The fourth-order valence-electron chi connectivity index (χ4n) is 1.39. The topological polar surface area (TPSA) is 12.5 Å². The van der Waals surface area contributed by atoms with Gasteiger partial charge in [-0.05, 0) is 30.5 Å². The van der Waals surface area contributed by atoms with Gasteiger partial charge in [0.25, 0.3) is 0 Å². The van der Waals surface area contributed by atoms with Gasteiger partial charge in [-0.3, -0.25) is 0 Å². The molecule has 3 heteroatoms. The van der Waals surface area contributed by atoms with E-state index >= 15 is 0 Å². The maximum Gasteiger partial charge on any atom is 0.0503 e. The zero-order valence-corrected chi connectivity index (χ0v) is 7.10. The van der Waals surface area contributed by atoms with Gasteiger partial charge in [-0.1, -0.05) is 0 Å². The van der Waals surface area contributed by atoms with Crippen molar-refractivity contribution in [2.45, 2.75) is 12.8 Å². The second-order valence-corrected chi connectivity index (χ2v) is 3.31. The molecule has 0 spiro atoms. The van der Waals surface area contributed by atoms with Gasteiger partial charge in [-0.2, -0.15) is 0 Å². The van der Waals surface area contributed by atoms with Crippen molar-refractivity contribution in [1.29, 1.82) is 0 Å². The largest absolute Gasteiger partial charge is 0.384 e. The number of rotatable bonds is 2. The summed E-state index contributed by atoms with van der Waals surface area (Å²) in [6.45, 7) is 2.86. The van der Waals surface area contributed by atoms with E-state index in [9.17, 15) is 0 Å². The molecule has 1 fully saturated rings. The number of hydrogen-bond acceptors (Lipinski definition) is 2. The van der Waals surface area contributed by atoms with Gasteiger partial charge >= 0.3 is 0 Å². The summed E-state index contributed by atoms with van der Waals surface area (Å²) in [6.07, 6.45) is 2.47. The molecule has 0 radical (unpaired) electrons. The lowest BCUT2D eigenvalue weighted by molar-refractivity contribution is 0.119. The molecule has 10 heavy (non-hydrogen) atoms. The van der Waals surface area contributed by atoms with Crippen LogP contribution in [0.15, 0.2) is 0 Å². The molecule has 0 aliphatic carbocycles. The third-order valence-electron chi connectivity index (χ3n) is 1.87. The molecule has 2 nitrogen and oxygen atoms in total. The first kappa shape index (κ1) is 8.31. The molecular formula is C7H14ClNO. The van der Waals surface area contributed by atoms with Crippen LogP contribution in [-0.4, -0.2) is 31.2 Å². The lowest BCUT2D eigenvalue weighted by atomic mass is 10.0. The third-order valence-corrected chi connectivity index (χ3v) is 2.18. The number of methoxy groups -OCH3 is 1. The highest BCUT2D eigenvalue weighted by Crippen LogP contribution is 2.17. The molecule has 1 saturated heterocycles. The van der Waals surface area contributed by atoms with Crippen molar-refractivity contribution in [1.82, 2.24) is 4.42 Å². The number of nitrogens with zero attached hydrogens (tertiary/aromatic N) is 1. The summed E-state index contributed by atoms with van der Waals surface area (Å²) in [4.78, 5) is 0. The van der Waals surface area contributed by atoms with Gasteiger partial charge in [0.05, 0.1) is 6.61 Å². The van der Waals surface area contributed by atoms with Crippen molar-refractivity contribution >= 4 is 11.8 Å². The second kappa shape index (κ2) is 4.16. The van der Waals surface area contributed by atoms with Crippen LogP contribution >= 0.6 is 11.8 Å². The Morgan fingerprint density at radius 1 is 1.70 bits per heavy atom. The van der Waals surface area contributed by atoms with E-state index < -0.39 is 0 Å². The maximum atomic E-state index is 5.82. The van der Waals surface area contributed by atoms with Crippen LogP contribution in [0.25, 0.3) is 0 Å². The normalized spacial score (nSPS) is 28.8. The predicted molar refractivity (Wildman–Crippen MR) is 42.0 cm³/mol. The molecule has 1 heterocycles. The average molecular weight is 164 g/mol. The molecule has 0 aromatic rings. The fourth-order valence-corrected chi connectivity index (χ4v) is 1.70. The van der Waals surface area contributed by atoms with Crippen molar-refractivity contribution in [2.24, 2.45) is 5.92 Å². The molecule has 0 saturated carbocycles. The second-order valence-electron chi connectivity index (χ2n) is 2.83. The van der Waals surface area contributed by atoms with Gasteiger partial charge < -0.3 is 4.74 Å². The first-order chi connectivity index (χ1) is 4.83.